The maximum Gasteiger partial charge on any atom is 0.0984 e. The number of fused-ring (bicyclic) bond motifs is 1. The Morgan fingerprint density at radius 3 is 3.00 bits per heavy atom. The number of aryl methyl sites for hydroxylation is 1. The molecule has 0 spiro atoms. The SMILES string of the molecule is CCc1cccc2cocc12. The molecule has 0 saturated carbocycles. The van der Waals surface area contributed by atoms with E-state index in [1.807, 2.05) is 6.26 Å². The van der Waals surface area contributed by atoms with Gasteiger partial charge in [-0.15, -0.1) is 0 Å². The van der Waals surface area contributed by atoms with E-state index in [0.29, 0.717) is 0 Å². The highest BCUT2D eigenvalue weighted by atomic mass is 16.3. The molecule has 0 unspecified atom stereocenters. The van der Waals surface area contributed by atoms with Crippen molar-refractivity contribution < 1.29 is 4.42 Å². The Morgan fingerprint density at radius 2 is 2.18 bits per heavy atom. The van der Waals surface area contributed by atoms with Gasteiger partial charge in [0.25, 0.3) is 0 Å². The van der Waals surface area contributed by atoms with Crippen molar-refractivity contribution in [2.75, 3.05) is 0 Å². The molecule has 0 saturated heterocycles. The molecule has 0 N–H and O–H groups in total. The number of benzene rings is 1. The molecule has 0 atom stereocenters. The lowest BCUT2D eigenvalue weighted by Gasteiger charge is -1.95. The largest absolute Gasteiger partial charge is 0.471 e. The Hall–Kier alpha value is -1.24. The van der Waals surface area contributed by atoms with Crippen molar-refractivity contribution in [3.05, 3.63) is 36.3 Å². The maximum atomic E-state index is 5.11. The van der Waals surface area contributed by atoms with Crippen molar-refractivity contribution in [3.8, 4) is 0 Å². The average Bonchev–Trinajstić information content (AvgIpc) is 2.50. The zero-order valence-electron chi connectivity index (χ0n) is 6.50. The van der Waals surface area contributed by atoms with Crippen molar-refractivity contribution >= 4 is 10.8 Å². The molecule has 1 aromatic carbocycles. The maximum absolute atomic E-state index is 5.11. The Morgan fingerprint density at radius 1 is 1.27 bits per heavy atom. The number of rotatable bonds is 1. The second-order valence-electron chi connectivity index (χ2n) is 2.65. The topological polar surface area (TPSA) is 13.1 Å². The molecule has 1 nitrogen and oxygen atoms in total. The van der Waals surface area contributed by atoms with Crippen LogP contribution >= 0.6 is 0 Å². The van der Waals surface area contributed by atoms with Crippen LogP contribution in [0, 0.1) is 0 Å². The first-order chi connectivity index (χ1) is 5.42. The van der Waals surface area contributed by atoms with Crippen LogP contribution in [0.1, 0.15) is 12.5 Å². The van der Waals surface area contributed by atoms with Crippen LogP contribution in [0.25, 0.3) is 10.8 Å². The molecule has 0 amide bonds. The molecule has 0 fully saturated rings. The lowest BCUT2D eigenvalue weighted by molar-refractivity contribution is 0.572. The van der Waals surface area contributed by atoms with Crippen molar-refractivity contribution in [2.45, 2.75) is 13.3 Å². The van der Waals surface area contributed by atoms with E-state index in [9.17, 15) is 0 Å². The molecule has 2 rings (SSSR count). The predicted octanol–water partition coefficient (Wildman–Crippen LogP) is 3.00. The molecule has 1 heteroatoms. The lowest BCUT2D eigenvalue weighted by Crippen LogP contribution is -1.78. The number of hydrogen-bond donors (Lipinski definition) is 0. The molecule has 1 aromatic heterocycles. The fraction of sp³-hybridized carbons (Fsp3) is 0.200. The van der Waals surface area contributed by atoms with Gasteiger partial charge in [0.15, 0.2) is 0 Å². The van der Waals surface area contributed by atoms with Gasteiger partial charge in [0.05, 0.1) is 12.5 Å². The van der Waals surface area contributed by atoms with E-state index < -0.39 is 0 Å². The van der Waals surface area contributed by atoms with Gasteiger partial charge >= 0.3 is 0 Å². The van der Waals surface area contributed by atoms with Gasteiger partial charge in [-0.25, -0.2) is 0 Å². The van der Waals surface area contributed by atoms with Crippen molar-refractivity contribution in [1.82, 2.24) is 0 Å². The summed E-state index contributed by atoms with van der Waals surface area (Å²) < 4.78 is 5.11. The van der Waals surface area contributed by atoms with Crippen LogP contribution in [0.3, 0.4) is 0 Å². The van der Waals surface area contributed by atoms with E-state index in [0.717, 1.165) is 6.42 Å². The molecule has 0 radical (unpaired) electrons. The second kappa shape index (κ2) is 2.42. The van der Waals surface area contributed by atoms with Crippen LogP contribution in [0.2, 0.25) is 0 Å². The van der Waals surface area contributed by atoms with Gasteiger partial charge in [0.1, 0.15) is 0 Å². The molecular formula is C10H10O. The lowest BCUT2D eigenvalue weighted by atomic mass is 10.1. The van der Waals surface area contributed by atoms with Crippen LogP contribution < -0.4 is 0 Å². The molecule has 11 heavy (non-hydrogen) atoms. The van der Waals surface area contributed by atoms with Crippen molar-refractivity contribution in [3.63, 3.8) is 0 Å². The minimum Gasteiger partial charge on any atom is -0.471 e. The highest BCUT2D eigenvalue weighted by Crippen LogP contribution is 2.19. The Balaban J connectivity index is 2.79. The Labute approximate surface area is 65.6 Å². The molecule has 1 heterocycles. The standard InChI is InChI=1S/C10H10O/c1-2-8-4-3-5-9-6-11-7-10(8)9/h3-7H,2H2,1H3. The van der Waals surface area contributed by atoms with E-state index >= 15 is 0 Å². The summed E-state index contributed by atoms with van der Waals surface area (Å²) >= 11 is 0. The third-order valence-electron chi connectivity index (χ3n) is 1.99. The molecular weight excluding hydrogens is 136 g/mol. The summed E-state index contributed by atoms with van der Waals surface area (Å²) in [6.45, 7) is 2.15. The normalized spacial score (nSPS) is 10.6. The van der Waals surface area contributed by atoms with Crippen molar-refractivity contribution in [2.24, 2.45) is 0 Å². The summed E-state index contributed by atoms with van der Waals surface area (Å²) in [4.78, 5) is 0. The fourth-order valence-electron chi connectivity index (χ4n) is 1.36. The summed E-state index contributed by atoms with van der Waals surface area (Å²) in [7, 11) is 0. The molecule has 56 valence electrons. The van der Waals surface area contributed by atoms with Crippen LogP contribution in [0.4, 0.5) is 0 Å². The third kappa shape index (κ3) is 0.929. The van der Waals surface area contributed by atoms with E-state index in [1.165, 1.54) is 16.3 Å². The van der Waals surface area contributed by atoms with Crippen LogP contribution in [-0.2, 0) is 6.42 Å². The summed E-state index contributed by atoms with van der Waals surface area (Å²) in [6, 6.07) is 6.27. The molecule has 2 aromatic rings. The van der Waals surface area contributed by atoms with E-state index in [4.69, 9.17) is 4.42 Å². The van der Waals surface area contributed by atoms with Crippen LogP contribution in [-0.4, -0.2) is 0 Å². The average molecular weight is 146 g/mol. The first kappa shape index (κ1) is 6.47. The Bertz CT molecular complexity index is 360. The Kier molecular flexibility index (Phi) is 1.42. The summed E-state index contributed by atoms with van der Waals surface area (Å²) in [6.07, 6.45) is 4.67. The van der Waals surface area contributed by atoms with Crippen molar-refractivity contribution in [1.29, 1.82) is 0 Å². The number of hydrogen-bond acceptors (Lipinski definition) is 1. The molecule has 0 aliphatic heterocycles. The van der Waals surface area contributed by atoms with Gasteiger partial charge in [-0.2, -0.15) is 0 Å². The summed E-state index contributed by atoms with van der Waals surface area (Å²) in [5, 5.41) is 2.44. The van der Waals surface area contributed by atoms with Gasteiger partial charge in [-0.3, -0.25) is 0 Å². The van der Waals surface area contributed by atoms with E-state index in [-0.39, 0.29) is 0 Å². The minimum atomic E-state index is 1.07. The van der Waals surface area contributed by atoms with E-state index in [1.54, 1.807) is 6.26 Å². The molecule has 0 aliphatic rings. The predicted molar refractivity (Wildman–Crippen MR) is 45.6 cm³/mol. The van der Waals surface area contributed by atoms with Gasteiger partial charge < -0.3 is 4.42 Å². The molecule has 0 bridgehead atoms. The van der Waals surface area contributed by atoms with Gasteiger partial charge in [0, 0.05) is 10.8 Å². The zero-order valence-corrected chi connectivity index (χ0v) is 6.50. The second-order valence-corrected chi connectivity index (χ2v) is 2.65. The zero-order chi connectivity index (χ0) is 7.68. The van der Waals surface area contributed by atoms with E-state index in [2.05, 4.69) is 25.1 Å². The fourth-order valence-corrected chi connectivity index (χ4v) is 1.36. The summed E-state index contributed by atoms with van der Waals surface area (Å²) in [5.74, 6) is 0. The third-order valence-corrected chi connectivity index (χ3v) is 1.99. The monoisotopic (exact) mass is 146 g/mol. The first-order valence-electron chi connectivity index (χ1n) is 3.85. The van der Waals surface area contributed by atoms with Gasteiger partial charge in [-0.05, 0) is 12.0 Å². The minimum absolute atomic E-state index is 1.07. The molecule has 0 aliphatic carbocycles. The highest BCUT2D eigenvalue weighted by Gasteiger charge is 1.98. The number of furan rings is 1. The van der Waals surface area contributed by atoms with Gasteiger partial charge in [-0.1, -0.05) is 25.1 Å². The first-order valence-corrected chi connectivity index (χ1v) is 3.85. The van der Waals surface area contributed by atoms with Gasteiger partial charge in [0.2, 0.25) is 0 Å². The highest BCUT2D eigenvalue weighted by molar-refractivity contribution is 5.84. The smallest absolute Gasteiger partial charge is 0.0984 e. The van der Waals surface area contributed by atoms with Crippen LogP contribution in [0.5, 0.6) is 0 Å². The van der Waals surface area contributed by atoms with Crippen LogP contribution in [0.15, 0.2) is 35.1 Å². The summed E-state index contributed by atoms with van der Waals surface area (Å²) in [5.41, 5.74) is 1.36. The quantitative estimate of drug-likeness (QED) is 0.602.